The van der Waals surface area contributed by atoms with E-state index in [2.05, 4.69) is 12.2 Å². The van der Waals surface area contributed by atoms with E-state index in [4.69, 9.17) is 10.5 Å². The molecule has 0 radical (unpaired) electrons. The number of carbonyl (C=O) groups is 1. The van der Waals surface area contributed by atoms with Crippen LogP contribution in [0.4, 0.5) is 0 Å². The quantitative estimate of drug-likeness (QED) is 0.732. The summed E-state index contributed by atoms with van der Waals surface area (Å²) >= 11 is 0. The summed E-state index contributed by atoms with van der Waals surface area (Å²) in [6.45, 7) is 3.50. The lowest BCUT2D eigenvalue weighted by atomic mass is 9.93. The molecule has 0 aromatic carbocycles. The second-order valence-corrected chi connectivity index (χ2v) is 5.41. The van der Waals surface area contributed by atoms with Crippen molar-refractivity contribution in [3.05, 3.63) is 0 Å². The van der Waals surface area contributed by atoms with Gasteiger partial charge in [-0.25, -0.2) is 0 Å². The molecule has 2 fully saturated rings. The number of hydrogen-bond acceptors (Lipinski definition) is 3. The Kier molecular flexibility index (Phi) is 3.50. The van der Waals surface area contributed by atoms with Crippen molar-refractivity contribution in [2.45, 2.75) is 50.6 Å². The van der Waals surface area contributed by atoms with E-state index in [9.17, 15) is 4.79 Å². The fourth-order valence-corrected chi connectivity index (χ4v) is 2.74. The Morgan fingerprint density at radius 3 is 2.81 bits per heavy atom. The summed E-state index contributed by atoms with van der Waals surface area (Å²) in [4.78, 5) is 12.1. The highest BCUT2D eigenvalue weighted by atomic mass is 16.5. The molecule has 16 heavy (non-hydrogen) atoms. The SMILES string of the molecule is CC1(NC(=O)C2CCCC2N)CCCOC1. The molecule has 0 aromatic heterocycles. The van der Waals surface area contributed by atoms with E-state index in [-0.39, 0.29) is 23.4 Å². The fourth-order valence-electron chi connectivity index (χ4n) is 2.74. The van der Waals surface area contributed by atoms with Crippen molar-refractivity contribution in [1.82, 2.24) is 5.32 Å². The summed E-state index contributed by atoms with van der Waals surface area (Å²) in [5.74, 6) is 0.136. The molecule has 0 aromatic rings. The summed E-state index contributed by atoms with van der Waals surface area (Å²) in [6.07, 6.45) is 5.01. The van der Waals surface area contributed by atoms with Gasteiger partial charge in [-0.15, -0.1) is 0 Å². The second-order valence-electron chi connectivity index (χ2n) is 5.41. The summed E-state index contributed by atoms with van der Waals surface area (Å²) in [6, 6.07) is 0.0492. The van der Waals surface area contributed by atoms with Crippen LogP contribution in [0.15, 0.2) is 0 Å². The maximum Gasteiger partial charge on any atom is 0.225 e. The molecular weight excluding hydrogens is 204 g/mol. The largest absolute Gasteiger partial charge is 0.379 e. The van der Waals surface area contributed by atoms with Crippen LogP contribution < -0.4 is 11.1 Å². The first kappa shape index (κ1) is 11.9. The molecule has 3 unspecified atom stereocenters. The van der Waals surface area contributed by atoms with Gasteiger partial charge in [-0.1, -0.05) is 6.42 Å². The first-order valence-corrected chi connectivity index (χ1v) is 6.26. The van der Waals surface area contributed by atoms with Crippen molar-refractivity contribution in [3.63, 3.8) is 0 Å². The van der Waals surface area contributed by atoms with E-state index in [0.717, 1.165) is 38.7 Å². The maximum atomic E-state index is 12.1. The smallest absolute Gasteiger partial charge is 0.225 e. The van der Waals surface area contributed by atoms with Gasteiger partial charge in [0.15, 0.2) is 0 Å². The normalized spacial score (nSPS) is 39.6. The minimum atomic E-state index is -0.183. The summed E-state index contributed by atoms with van der Waals surface area (Å²) in [5, 5.41) is 3.12. The van der Waals surface area contributed by atoms with Crippen LogP contribution >= 0.6 is 0 Å². The molecule has 1 aliphatic heterocycles. The third kappa shape index (κ3) is 2.55. The molecule has 3 atom stereocenters. The monoisotopic (exact) mass is 226 g/mol. The molecule has 1 saturated heterocycles. The molecule has 4 nitrogen and oxygen atoms in total. The van der Waals surface area contributed by atoms with E-state index >= 15 is 0 Å². The zero-order chi connectivity index (χ0) is 11.6. The Hall–Kier alpha value is -0.610. The standard InChI is InChI=1S/C12H22N2O2/c1-12(6-3-7-16-8-12)14-11(15)9-4-2-5-10(9)13/h9-10H,2-8,13H2,1H3,(H,14,15). The second kappa shape index (κ2) is 4.72. The average Bonchev–Trinajstić information content (AvgIpc) is 2.65. The van der Waals surface area contributed by atoms with Crippen LogP contribution in [-0.2, 0) is 9.53 Å². The van der Waals surface area contributed by atoms with Crippen LogP contribution in [0.1, 0.15) is 39.0 Å². The lowest BCUT2D eigenvalue weighted by molar-refractivity contribution is -0.128. The number of carbonyl (C=O) groups excluding carboxylic acids is 1. The Bertz CT molecular complexity index is 262. The van der Waals surface area contributed by atoms with Gasteiger partial charge in [0.25, 0.3) is 0 Å². The Morgan fingerprint density at radius 1 is 1.44 bits per heavy atom. The zero-order valence-electron chi connectivity index (χ0n) is 10.00. The first-order chi connectivity index (χ1) is 7.61. The van der Waals surface area contributed by atoms with Crippen molar-refractivity contribution in [2.24, 2.45) is 11.7 Å². The highest BCUT2D eigenvalue weighted by Gasteiger charge is 2.35. The lowest BCUT2D eigenvalue weighted by Crippen LogP contribution is -2.54. The molecule has 1 aliphatic carbocycles. The van der Waals surface area contributed by atoms with Gasteiger partial charge >= 0.3 is 0 Å². The fraction of sp³-hybridized carbons (Fsp3) is 0.917. The minimum Gasteiger partial charge on any atom is -0.379 e. The molecule has 1 heterocycles. The summed E-state index contributed by atoms with van der Waals surface area (Å²) in [5.41, 5.74) is 5.75. The zero-order valence-corrected chi connectivity index (χ0v) is 10.00. The predicted molar refractivity (Wildman–Crippen MR) is 61.9 cm³/mol. The summed E-state index contributed by atoms with van der Waals surface area (Å²) in [7, 11) is 0. The number of nitrogens with two attached hydrogens (primary N) is 1. The molecule has 1 amide bonds. The number of hydrogen-bond donors (Lipinski definition) is 2. The van der Waals surface area contributed by atoms with Gasteiger partial charge in [0.1, 0.15) is 0 Å². The first-order valence-electron chi connectivity index (χ1n) is 6.26. The number of ether oxygens (including phenoxy) is 1. The molecule has 0 spiro atoms. The maximum absolute atomic E-state index is 12.1. The van der Waals surface area contributed by atoms with Gasteiger partial charge in [0, 0.05) is 12.6 Å². The van der Waals surface area contributed by atoms with Gasteiger partial charge in [-0.05, 0) is 32.6 Å². The molecule has 2 aliphatic rings. The van der Waals surface area contributed by atoms with E-state index < -0.39 is 0 Å². The van der Waals surface area contributed by atoms with Crippen molar-refractivity contribution >= 4 is 5.91 Å². The van der Waals surface area contributed by atoms with Gasteiger partial charge in [-0.3, -0.25) is 4.79 Å². The van der Waals surface area contributed by atoms with Crippen molar-refractivity contribution in [2.75, 3.05) is 13.2 Å². The van der Waals surface area contributed by atoms with Crippen LogP contribution in [0.3, 0.4) is 0 Å². The van der Waals surface area contributed by atoms with E-state index in [0.29, 0.717) is 6.61 Å². The van der Waals surface area contributed by atoms with Gasteiger partial charge in [-0.2, -0.15) is 0 Å². The van der Waals surface area contributed by atoms with Crippen molar-refractivity contribution < 1.29 is 9.53 Å². The molecule has 1 saturated carbocycles. The van der Waals surface area contributed by atoms with Crippen LogP contribution in [0.25, 0.3) is 0 Å². The molecule has 0 bridgehead atoms. The highest BCUT2D eigenvalue weighted by molar-refractivity contribution is 5.80. The highest BCUT2D eigenvalue weighted by Crippen LogP contribution is 2.26. The summed E-state index contributed by atoms with van der Waals surface area (Å²) < 4.78 is 5.43. The van der Waals surface area contributed by atoms with Crippen LogP contribution in [-0.4, -0.2) is 30.7 Å². The van der Waals surface area contributed by atoms with E-state index in [1.54, 1.807) is 0 Å². The Labute approximate surface area is 96.9 Å². The van der Waals surface area contributed by atoms with Crippen molar-refractivity contribution in [1.29, 1.82) is 0 Å². The average molecular weight is 226 g/mol. The predicted octanol–water partition coefficient (Wildman–Crippen LogP) is 0.799. The lowest BCUT2D eigenvalue weighted by Gasteiger charge is -2.35. The van der Waals surface area contributed by atoms with Gasteiger partial charge in [0.05, 0.1) is 18.1 Å². The Balaban J connectivity index is 1.90. The van der Waals surface area contributed by atoms with Crippen LogP contribution in [0.5, 0.6) is 0 Å². The number of amides is 1. The topological polar surface area (TPSA) is 64.4 Å². The molecule has 3 N–H and O–H groups in total. The Morgan fingerprint density at radius 2 is 2.25 bits per heavy atom. The van der Waals surface area contributed by atoms with Crippen LogP contribution in [0, 0.1) is 5.92 Å². The van der Waals surface area contributed by atoms with E-state index in [1.807, 2.05) is 0 Å². The minimum absolute atomic E-state index is 0.0127. The number of rotatable bonds is 2. The van der Waals surface area contributed by atoms with E-state index in [1.165, 1.54) is 0 Å². The molecule has 4 heteroatoms. The van der Waals surface area contributed by atoms with Crippen LogP contribution in [0.2, 0.25) is 0 Å². The third-order valence-electron chi connectivity index (χ3n) is 3.77. The number of nitrogens with one attached hydrogen (secondary N) is 1. The third-order valence-corrected chi connectivity index (χ3v) is 3.77. The molecule has 2 rings (SSSR count). The van der Waals surface area contributed by atoms with Gasteiger partial charge in [0.2, 0.25) is 5.91 Å². The van der Waals surface area contributed by atoms with Gasteiger partial charge < -0.3 is 15.8 Å². The molecule has 92 valence electrons. The molecular formula is C12H22N2O2. The van der Waals surface area contributed by atoms with Crippen molar-refractivity contribution in [3.8, 4) is 0 Å².